The van der Waals surface area contributed by atoms with Crippen molar-refractivity contribution in [3.63, 3.8) is 0 Å². The molecule has 3 rings (SSSR count). The molecule has 25 heavy (non-hydrogen) atoms. The molecular weight excluding hydrogens is 340 g/mol. The second-order valence-corrected chi connectivity index (χ2v) is 6.08. The summed E-state index contributed by atoms with van der Waals surface area (Å²) in [6, 6.07) is 13.7. The summed E-state index contributed by atoms with van der Waals surface area (Å²) in [5.41, 5.74) is 1.14. The Morgan fingerprint density at radius 3 is 2.68 bits per heavy atom. The van der Waals surface area contributed by atoms with E-state index in [1.807, 2.05) is 24.3 Å². The van der Waals surface area contributed by atoms with Gasteiger partial charge in [0.25, 0.3) is 5.91 Å². The predicted molar refractivity (Wildman–Crippen MR) is 97.2 cm³/mol. The maximum Gasteiger partial charge on any atom is 0.337 e. The molecule has 6 nitrogen and oxygen atoms in total. The zero-order valence-electron chi connectivity index (χ0n) is 13.2. The van der Waals surface area contributed by atoms with Gasteiger partial charge in [-0.2, -0.15) is 0 Å². The Hall–Kier alpha value is -3.06. The highest BCUT2D eigenvalue weighted by Gasteiger charge is 2.24. The van der Waals surface area contributed by atoms with Crippen LogP contribution in [0.15, 0.2) is 58.4 Å². The van der Waals surface area contributed by atoms with E-state index in [0.717, 1.165) is 17.3 Å². The molecule has 0 saturated carbocycles. The molecule has 1 fully saturated rings. The van der Waals surface area contributed by atoms with Crippen LogP contribution in [-0.4, -0.2) is 29.3 Å². The molecule has 0 aliphatic carbocycles. The lowest BCUT2D eigenvalue weighted by Gasteiger charge is -2.03. The topological polar surface area (TPSA) is 88.0 Å². The van der Waals surface area contributed by atoms with Crippen LogP contribution in [0.2, 0.25) is 0 Å². The number of ether oxygens (including phenoxy) is 1. The van der Waals surface area contributed by atoms with Crippen LogP contribution in [0.1, 0.15) is 15.9 Å². The summed E-state index contributed by atoms with van der Waals surface area (Å²) in [7, 11) is 1.56. The number of para-hydroxylation sites is 2. The van der Waals surface area contributed by atoms with Gasteiger partial charge in [-0.1, -0.05) is 30.3 Å². The number of nitrogens with one attached hydrogen (secondary N) is 1. The summed E-state index contributed by atoms with van der Waals surface area (Å²) in [6.45, 7) is 0. The Bertz CT molecular complexity index is 905. The third-order valence-electron chi connectivity index (χ3n) is 3.43. The fraction of sp³-hybridized carbons (Fsp3) is 0.0556. The van der Waals surface area contributed by atoms with Gasteiger partial charge in [-0.05, 0) is 36.0 Å². The molecule has 1 amide bonds. The van der Waals surface area contributed by atoms with E-state index < -0.39 is 5.97 Å². The number of hydrogen-bond acceptors (Lipinski definition) is 5. The highest BCUT2D eigenvalue weighted by Crippen LogP contribution is 2.31. The highest BCUT2D eigenvalue weighted by atomic mass is 32.2. The highest BCUT2D eigenvalue weighted by molar-refractivity contribution is 8.18. The quantitative estimate of drug-likeness (QED) is 0.823. The van der Waals surface area contributed by atoms with Crippen LogP contribution in [0.5, 0.6) is 5.75 Å². The first-order valence-electron chi connectivity index (χ1n) is 7.33. The Labute approximate surface area is 148 Å². The minimum Gasteiger partial charge on any atom is -0.496 e. The maximum atomic E-state index is 12.2. The third kappa shape index (κ3) is 3.72. The van der Waals surface area contributed by atoms with Crippen LogP contribution in [0.4, 0.5) is 5.69 Å². The summed E-state index contributed by atoms with van der Waals surface area (Å²) in [6.07, 6.45) is 1.71. The number of benzene rings is 2. The van der Waals surface area contributed by atoms with Crippen LogP contribution in [0, 0.1) is 0 Å². The number of methoxy groups -OCH3 is 1. The average Bonchev–Trinajstić information content (AvgIpc) is 2.95. The van der Waals surface area contributed by atoms with Gasteiger partial charge in [0, 0.05) is 5.56 Å². The minimum absolute atomic E-state index is 0.0759. The number of hydrogen-bond donors (Lipinski definition) is 2. The number of carboxylic acids is 1. The van der Waals surface area contributed by atoms with E-state index >= 15 is 0 Å². The number of amidine groups is 1. The van der Waals surface area contributed by atoms with Crippen LogP contribution in [0.25, 0.3) is 6.08 Å². The SMILES string of the molecule is COc1ccccc1C=C1SC(=Nc2ccccc2C(=O)O)NC1=O. The first-order chi connectivity index (χ1) is 12.1. The van der Waals surface area contributed by atoms with E-state index in [9.17, 15) is 14.7 Å². The summed E-state index contributed by atoms with van der Waals surface area (Å²) in [4.78, 5) is 28.1. The van der Waals surface area contributed by atoms with Crippen molar-refractivity contribution in [2.75, 3.05) is 7.11 Å². The minimum atomic E-state index is -1.07. The molecule has 0 unspecified atom stereocenters. The number of amides is 1. The summed E-state index contributed by atoms with van der Waals surface area (Å²) in [5.74, 6) is -0.702. The van der Waals surface area contributed by atoms with Crippen molar-refractivity contribution in [1.29, 1.82) is 0 Å². The zero-order chi connectivity index (χ0) is 17.8. The van der Waals surface area contributed by atoms with E-state index in [0.29, 0.717) is 15.8 Å². The molecule has 1 aliphatic rings. The number of aliphatic imine (C=N–C) groups is 1. The fourth-order valence-electron chi connectivity index (χ4n) is 2.27. The van der Waals surface area contributed by atoms with Crippen molar-refractivity contribution in [1.82, 2.24) is 5.32 Å². The Morgan fingerprint density at radius 1 is 1.20 bits per heavy atom. The van der Waals surface area contributed by atoms with E-state index in [2.05, 4.69) is 10.3 Å². The van der Waals surface area contributed by atoms with E-state index in [-0.39, 0.29) is 17.2 Å². The van der Waals surface area contributed by atoms with E-state index in [1.165, 1.54) is 6.07 Å². The first kappa shape index (κ1) is 16.8. The van der Waals surface area contributed by atoms with Crippen molar-refractivity contribution in [2.24, 2.45) is 4.99 Å². The zero-order valence-corrected chi connectivity index (χ0v) is 14.0. The molecule has 0 aromatic heterocycles. The van der Waals surface area contributed by atoms with Crippen molar-refractivity contribution in [3.8, 4) is 5.75 Å². The number of carboxylic acid groups (broad SMARTS) is 1. The van der Waals surface area contributed by atoms with Gasteiger partial charge in [0.15, 0.2) is 5.17 Å². The molecule has 126 valence electrons. The molecule has 0 bridgehead atoms. The summed E-state index contributed by atoms with van der Waals surface area (Å²) in [5, 5.41) is 12.2. The molecule has 2 aromatic carbocycles. The molecule has 0 radical (unpaired) electrons. The number of carbonyl (C=O) groups is 2. The lowest BCUT2D eigenvalue weighted by Crippen LogP contribution is -2.19. The van der Waals surface area contributed by atoms with Gasteiger partial charge < -0.3 is 15.2 Å². The molecule has 7 heteroatoms. The van der Waals surface area contributed by atoms with Crippen molar-refractivity contribution in [3.05, 3.63) is 64.6 Å². The van der Waals surface area contributed by atoms with Crippen molar-refractivity contribution < 1.29 is 19.4 Å². The molecule has 1 saturated heterocycles. The van der Waals surface area contributed by atoms with Gasteiger partial charge in [0.2, 0.25) is 0 Å². The maximum absolute atomic E-state index is 12.2. The molecule has 0 spiro atoms. The third-order valence-corrected chi connectivity index (χ3v) is 4.34. The molecule has 0 atom stereocenters. The van der Waals surface area contributed by atoms with Gasteiger partial charge in [-0.15, -0.1) is 0 Å². The van der Waals surface area contributed by atoms with Crippen LogP contribution >= 0.6 is 11.8 Å². The van der Waals surface area contributed by atoms with Crippen LogP contribution < -0.4 is 10.1 Å². The molecular formula is C18H14N2O4S. The summed E-state index contributed by atoms with van der Waals surface area (Å²) >= 11 is 1.15. The van der Waals surface area contributed by atoms with Gasteiger partial charge in [-0.3, -0.25) is 4.79 Å². The van der Waals surface area contributed by atoms with Crippen molar-refractivity contribution in [2.45, 2.75) is 0 Å². The fourth-order valence-corrected chi connectivity index (χ4v) is 3.09. The second kappa shape index (κ2) is 7.23. The molecule has 1 heterocycles. The first-order valence-corrected chi connectivity index (χ1v) is 8.15. The lowest BCUT2D eigenvalue weighted by molar-refractivity contribution is -0.115. The number of carbonyl (C=O) groups excluding carboxylic acids is 1. The number of rotatable bonds is 4. The predicted octanol–water partition coefficient (Wildman–Crippen LogP) is 3.29. The van der Waals surface area contributed by atoms with Crippen LogP contribution in [0.3, 0.4) is 0 Å². The monoisotopic (exact) mass is 354 g/mol. The number of nitrogens with zero attached hydrogens (tertiary/aromatic N) is 1. The van der Waals surface area contributed by atoms with E-state index in [1.54, 1.807) is 31.4 Å². The van der Waals surface area contributed by atoms with Crippen LogP contribution in [-0.2, 0) is 4.79 Å². The van der Waals surface area contributed by atoms with Crippen molar-refractivity contribution >= 4 is 40.6 Å². The molecule has 2 N–H and O–H groups in total. The normalized spacial score (nSPS) is 16.9. The Morgan fingerprint density at radius 2 is 1.92 bits per heavy atom. The lowest BCUT2D eigenvalue weighted by atomic mass is 10.2. The van der Waals surface area contributed by atoms with E-state index in [4.69, 9.17) is 4.74 Å². The standard InChI is InChI=1S/C18H14N2O4S/c1-24-14-9-5-2-6-11(14)10-15-16(21)20-18(25-15)19-13-8-4-3-7-12(13)17(22)23/h2-10H,1H3,(H,22,23)(H,19,20,21). The van der Waals surface area contributed by atoms with Gasteiger partial charge in [-0.25, -0.2) is 9.79 Å². The van der Waals surface area contributed by atoms with Gasteiger partial charge >= 0.3 is 5.97 Å². The largest absolute Gasteiger partial charge is 0.496 e. The van der Waals surface area contributed by atoms with Gasteiger partial charge in [0.1, 0.15) is 5.75 Å². The molecule has 1 aliphatic heterocycles. The smallest absolute Gasteiger partial charge is 0.337 e. The average molecular weight is 354 g/mol. The Balaban J connectivity index is 1.91. The molecule has 2 aromatic rings. The second-order valence-electron chi connectivity index (χ2n) is 5.05. The Kier molecular flexibility index (Phi) is 4.85. The van der Waals surface area contributed by atoms with Gasteiger partial charge in [0.05, 0.1) is 23.3 Å². The number of aromatic carboxylic acids is 1. The number of thioether (sulfide) groups is 1. The summed E-state index contributed by atoms with van der Waals surface area (Å²) < 4.78 is 5.27.